The van der Waals surface area contributed by atoms with E-state index >= 15 is 0 Å². The average molecular weight is 404 g/mol. The third kappa shape index (κ3) is 4.30. The van der Waals surface area contributed by atoms with E-state index in [0.717, 1.165) is 17.5 Å². The molecule has 1 fully saturated rings. The normalized spacial score (nSPS) is 17.0. The van der Waals surface area contributed by atoms with Gasteiger partial charge in [-0.05, 0) is 28.5 Å². The first-order valence-corrected chi connectivity index (χ1v) is 10.6. The lowest BCUT2D eigenvalue weighted by atomic mass is 9.87. The number of benzene rings is 2. The minimum Gasteiger partial charge on any atom is -0.339 e. The number of aromatic nitrogens is 2. The summed E-state index contributed by atoms with van der Waals surface area (Å²) in [5, 5.41) is 4.16. The molecule has 1 amide bonds. The van der Waals surface area contributed by atoms with Crippen molar-refractivity contribution in [2.24, 2.45) is 0 Å². The molecule has 2 heterocycles. The molecule has 1 aliphatic heterocycles. The smallest absolute Gasteiger partial charge is 0.232 e. The number of amides is 1. The van der Waals surface area contributed by atoms with E-state index in [1.807, 2.05) is 17.0 Å². The molecular weight excluding hydrogens is 374 g/mol. The second-order valence-electron chi connectivity index (χ2n) is 9.13. The maximum atomic E-state index is 12.5. The van der Waals surface area contributed by atoms with Crippen molar-refractivity contribution in [2.75, 3.05) is 6.54 Å². The van der Waals surface area contributed by atoms with Crippen molar-refractivity contribution in [3.05, 3.63) is 71.1 Å². The number of carbonyl (C=O) groups is 1. The van der Waals surface area contributed by atoms with Gasteiger partial charge in [0, 0.05) is 25.1 Å². The first-order chi connectivity index (χ1) is 14.3. The van der Waals surface area contributed by atoms with Gasteiger partial charge >= 0.3 is 0 Å². The molecule has 2 aromatic carbocycles. The van der Waals surface area contributed by atoms with Crippen LogP contribution in [0.25, 0.3) is 11.4 Å². The van der Waals surface area contributed by atoms with Crippen LogP contribution in [0.15, 0.2) is 53.1 Å². The molecule has 5 heteroatoms. The summed E-state index contributed by atoms with van der Waals surface area (Å²) in [5.74, 6) is 1.20. The number of hydrogen-bond donors (Lipinski definition) is 0. The van der Waals surface area contributed by atoms with Crippen LogP contribution >= 0.6 is 0 Å². The molecule has 30 heavy (non-hydrogen) atoms. The van der Waals surface area contributed by atoms with E-state index in [4.69, 9.17) is 4.52 Å². The van der Waals surface area contributed by atoms with Gasteiger partial charge in [0.25, 0.3) is 0 Å². The fraction of sp³-hybridized carbons (Fsp3) is 0.400. The molecule has 1 atom stereocenters. The van der Waals surface area contributed by atoms with E-state index in [2.05, 4.69) is 74.2 Å². The van der Waals surface area contributed by atoms with Crippen LogP contribution in [0.3, 0.4) is 0 Å². The van der Waals surface area contributed by atoms with Crippen molar-refractivity contribution < 1.29 is 9.32 Å². The lowest BCUT2D eigenvalue weighted by Gasteiger charge is -2.18. The zero-order chi connectivity index (χ0) is 21.3. The fourth-order valence-corrected chi connectivity index (χ4v) is 3.83. The summed E-state index contributed by atoms with van der Waals surface area (Å²) in [6.45, 7) is 9.94. The molecule has 0 N–H and O–H groups in total. The molecule has 0 spiro atoms. The molecule has 5 nitrogen and oxygen atoms in total. The highest BCUT2D eigenvalue weighted by Gasteiger charge is 2.34. The summed E-state index contributed by atoms with van der Waals surface area (Å²) in [6, 6.07) is 16.7. The van der Waals surface area contributed by atoms with Crippen LogP contribution in [-0.4, -0.2) is 27.5 Å². The molecule has 4 rings (SSSR count). The highest BCUT2D eigenvalue weighted by atomic mass is 16.5. The van der Waals surface area contributed by atoms with Gasteiger partial charge in [-0.2, -0.15) is 4.98 Å². The third-order valence-electron chi connectivity index (χ3n) is 5.82. The number of aryl methyl sites for hydroxylation is 1. The number of carbonyl (C=O) groups excluding carboxylic acids is 1. The lowest BCUT2D eigenvalue weighted by molar-refractivity contribution is -0.128. The standard InChI is InChI=1S/C25H29N3O2/c1-5-17-6-8-18(9-7-17)15-28-16-20(14-22(28)29)24-26-23(27-30-24)19-10-12-21(13-11-19)25(2,3)4/h6-13,20H,5,14-16H2,1-4H3. The maximum Gasteiger partial charge on any atom is 0.232 e. The number of nitrogens with zero attached hydrogens (tertiary/aromatic N) is 3. The summed E-state index contributed by atoms with van der Waals surface area (Å²) >= 11 is 0. The topological polar surface area (TPSA) is 59.2 Å². The van der Waals surface area contributed by atoms with Gasteiger partial charge in [-0.15, -0.1) is 0 Å². The minimum atomic E-state index is -0.0532. The van der Waals surface area contributed by atoms with Crippen LogP contribution in [0, 0.1) is 0 Å². The first kappa shape index (κ1) is 20.3. The van der Waals surface area contributed by atoms with Crippen molar-refractivity contribution in [3.8, 4) is 11.4 Å². The van der Waals surface area contributed by atoms with E-state index in [0.29, 0.717) is 31.2 Å². The first-order valence-electron chi connectivity index (χ1n) is 10.6. The van der Waals surface area contributed by atoms with Gasteiger partial charge in [0.1, 0.15) is 0 Å². The quantitative estimate of drug-likeness (QED) is 0.594. The van der Waals surface area contributed by atoms with E-state index in [-0.39, 0.29) is 17.2 Å². The number of rotatable bonds is 5. The van der Waals surface area contributed by atoms with Gasteiger partial charge < -0.3 is 9.42 Å². The van der Waals surface area contributed by atoms with E-state index < -0.39 is 0 Å². The van der Waals surface area contributed by atoms with Crippen LogP contribution in [0.1, 0.15) is 62.6 Å². The zero-order valence-electron chi connectivity index (χ0n) is 18.2. The number of hydrogen-bond acceptors (Lipinski definition) is 4. The summed E-state index contributed by atoms with van der Waals surface area (Å²) < 4.78 is 5.54. The Morgan fingerprint density at radius 3 is 2.33 bits per heavy atom. The van der Waals surface area contributed by atoms with Gasteiger partial charge in [-0.25, -0.2) is 0 Å². The SMILES string of the molecule is CCc1ccc(CN2CC(c3nc(-c4ccc(C(C)(C)C)cc4)no3)CC2=O)cc1. The van der Waals surface area contributed by atoms with Crippen LogP contribution in [0.4, 0.5) is 0 Å². The highest BCUT2D eigenvalue weighted by molar-refractivity contribution is 5.79. The van der Waals surface area contributed by atoms with E-state index in [1.165, 1.54) is 11.1 Å². The Morgan fingerprint density at radius 2 is 1.70 bits per heavy atom. The molecule has 156 valence electrons. The van der Waals surface area contributed by atoms with Gasteiger partial charge in [0.15, 0.2) is 0 Å². The van der Waals surface area contributed by atoms with E-state index in [1.54, 1.807) is 0 Å². The second kappa shape index (κ2) is 8.05. The monoisotopic (exact) mass is 403 g/mol. The van der Waals surface area contributed by atoms with Crippen LogP contribution in [0.5, 0.6) is 0 Å². The molecule has 1 aromatic heterocycles. The van der Waals surface area contributed by atoms with Crippen molar-refractivity contribution in [1.29, 1.82) is 0 Å². The lowest BCUT2D eigenvalue weighted by Crippen LogP contribution is -2.24. The summed E-state index contributed by atoms with van der Waals surface area (Å²) in [7, 11) is 0. The number of likely N-dealkylation sites (tertiary alicyclic amines) is 1. The summed E-state index contributed by atoms with van der Waals surface area (Å²) in [5.41, 5.74) is 4.74. The predicted molar refractivity (Wildman–Crippen MR) is 117 cm³/mol. The molecule has 1 aliphatic rings. The third-order valence-corrected chi connectivity index (χ3v) is 5.82. The molecule has 0 aliphatic carbocycles. The Morgan fingerprint density at radius 1 is 1.03 bits per heavy atom. The van der Waals surface area contributed by atoms with Crippen molar-refractivity contribution >= 4 is 5.91 Å². The Balaban J connectivity index is 1.44. The largest absolute Gasteiger partial charge is 0.339 e. The minimum absolute atomic E-state index is 0.0532. The Kier molecular flexibility index (Phi) is 5.46. The fourth-order valence-electron chi connectivity index (χ4n) is 3.83. The van der Waals surface area contributed by atoms with Crippen LogP contribution < -0.4 is 0 Å². The molecule has 0 saturated carbocycles. The Hall–Kier alpha value is -2.95. The van der Waals surface area contributed by atoms with Crippen LogP contribution in [0.2, 0.25) is 0 Å². The average Bonchev–Trinajstić information content (AvgIpc) is 3.35. The predicted octanol–water partition coefficient (Wildman–Crippen LogP) is 5.11. The molecule has 3 aromatic rings. The van der Waals surface area contributed by atoms with Crippen molar-refractivity contribution in [1.82, 2.24) is 15.0 Å². The molecule has 0 bridgehead atoms. The van der Waals surface area contributed by atoms with Crippen molar-refractivity contribution in [2.45, 2.75) is 58.4 Å². The van der Waals surface area contributed by atoms with Gasteiger partial charge in [0.05, 0.1) is 5.92 Å². The molecule has 0 radical (unpaired) electrons. The van der Waals surface area contributed by atoms with Gasteiger partial charge in [0.2, 0.25) is 17.6 Å². The highest BCUT2D eigenvalue weighted by Crippen LogP contribution is 2.30. The van der Waals surface area contributed by atoms with E-state index in [9.17, 15) is 4.79 Å². The van der Waals surface area contributed by atoms with Gasteiger partial charge in [-0.1, -0.05) is 81.4 Å². The molecular formula is C25H29N3O2. The summed E-state index contributed by atoms with van der Waals surface area (Å²) in [4.78, 5) is 19.0. The summed E-state index contributed by atoms with van der Waals surface area (Å²) in [6.07, 6.45) is 1.43. The molecule has 1 unspecified atom stereocenters. The van der Waals surface area contributed by atoms with Crippen molar-refractivity contribution in [3.63, 3.8) is 0 Å². The van der Waals surface area contributed by atoms with Crippen LogP contribution in [-0.2, 0) is 23.2 Å². The molecule has 1 saturated heterocycles. The Bertz CT molecular complexity index is 1010. The second-order valence-corrected chi connectivity index (χ2v) is 9.13. The van der Waals surface area contributed by atoms with Gasteiger partial charge in [-0.3, -0.25) is 4.79 Å². The maximum absolute atomic E-state index is 12.5. The zero-order valence-corrected chi connectivity index (χ0v) is 18.2. The Labute approximate surface area is 178 Å².